The van der Waals surface area contributed by atoms with Crippen molar-refractivity contribution < 1.29 is 13.9 Å². The number of hydrogen-bond acceptors (Lipinski definition) is 4. The van der Waals surface area contributed by atoms with Crippen molar-refractivity contribution in [2.24, 2.45) is 0 Å². The maximum absolute atomic E-state index is 14.1. The van der Waals surface area contributed by atoms with Crippen molar-refractivity contribution in [3.05, 3.63) is 82.8 Å². The third-order valence-corrected chi connectivity index (χ3v) is 4.94. The predicted octanol–water partition coefficient (Wildman–Crippen LogP) is 5.40. The maximum atomic E-state index is 14.1. The van der Waals surface area contributed by atoms with Gasteiger partial charge >= 0.3 is 0 Å². The number of halogens is 2. The molecule has 4 aromatic rings. The summed E-state index contributed by atoms with van der Waals surface area (Å²) in [6.07, 6.45) is 2.59. The van der Waals surface area contributed by atoms with Gasteiger partial charge in [-0.1, -0.05) is 30.7 Å². The molecular formula is C23H19ClFN3O2. The van der Waals surface area contributed by atoms with Crippen LogP contribution in [0.5, 0.6) is 5.88 Å². The highest BCUT2D eigenvalue weighted by Gasteiger charge is 2.13. The number of aromatic nitrogens is 3. The SMILES string of the molecule is CCC(=O)c1cc(F)cc(-c2cnc3ccc(OCCc4cccc(Cl)c4)nn23)c1. The van der Waals surface area contributed by atoms with E-state index >= 15 is 0 Å². The van der Waals surface area contributed by atoms with E-state index in [-0.39, 0.29) is 5.78 Å². The van der Waals surface area contributed by atoms with Crippen LogP contribution < -0.4 is 4.74 Å². The summed E-state index contributed by atoms with van der Waals surface area (Å²) in [6, 6.07) is 15.4. The molecule has 4 rings (SSSR count). The smallest absolute Gasteiger partial charge is 0.231 e. The third kappa shape index (κ3) is 4.33. The molecule has 5 nitrogen and oxygen atoms in total. The van der Waals surface area contributed by atoms with E-state index in [1.54, 1.807) is 35.8 Å². The molecule has 0 unspecified atom stereocenters. The van der Waals surface area contributed by atoms with Crippen LogP contribution in [0.4, 0.5) is 4.39 Å². The Morgan fingerprint density at radius 2 is 2.03 bits per heavy atom. The molecule has 0 saturated heterocycles. The van der Waals surface area contributed by atoms with Crippen LogP contribution in [0.1, 0.15) is 29.3 Å². The summed E-state index contributed by atoms with van der Waals surface area (Å²) in [5.74, 6) is -0.180. The van der Waals surface area contributed by atoms with Gasteiger partial charge in [-0.2, -0.15) is 0 Å². The van der Waals surface area contributed by atoms with E-state index < -0.39 is 5.82 Å². The van der Waals surface area contributed by atoms with Gasteiger partial charge in [0.15, 0.2) is 11.4 Å². The summed E-state index contributed by atoms with van der Waals surface area (Å²) in [5, 5.41) is 5.17. The number of fused-ring (bicyclic) bond motifs is 1. The average molecular weight is 424 g/mol. The molecule has 0 N–H and O–H groups in total. The molecule has 0 aliphatic heterocycles. The molecule has 2 aromatic heterocycles. The highest BCUT2D eigenvalue weighted by Crippen LogP contribution is 2.24. The van der Waals surface area contributed by atoms with Crippen LogP contribution in [0.25, 0.3) is 16.9 Å². The largest absolute Gasteiger partial charge is 0.476 e. The Morgan fingerprint density at radius 3 is 2.83 bits per heavy atom. The molecule has 0 atom stereocenters. The van der Waals surface area contributed by atoms with Crippen molar-refractivity contribution in [2.45, 2.75) is 19.8 Å². The molecule has 0 saturated carbocycles. The second-order valence-corrected chi connectivity index (χ2v) is 7.26. The molecule has 0 bridgehead atoms. The monoisotopic (exact) mass is 423 g/mol. The van der Waals surface area contributed by atoms with Gasteiger partial charge in [-0.3, -0.25) is 4.79 Å². The van der Waals surface area contributed by atoms with Gasteiger partial charge in [0.05, 0.1) is 18.5 Å². The van der Waals surface area contributed by atoms with Gasteiger partial charge in [0, 0.05) is 35.1 Å². The number of ether oxygens (including phenoxy) is 1. The standard InChI is InChI=1S/C23H19ClFN3O2/c1-2-21(29)17-11-16(12-19(25)13-17)20-14-26-22-6-7-23(27-28(20)22)30-9-8-15-4-3-5-18(24)10-15/h3-7,10-14H,2,8-9H2,1H3. The highest BCUT2D eigenvalue weighted by molar-refractivity contribution is 6.30. The lowest BCUT2D eigenvalue weighted by molar-refractivity contribution is 0.0987. The summed E-state index contributed by atoms with van der Waals surface area (Å²) in [6.45, 7) is 2.17. The third-order valence-electron chi connectivity index (χ3n) is 4.70. The van der Waals surface area contributed by atoms with Gasteiger partial charge in [0.2, 0.25) is 5.88 Å². The zero-order chi connectivity index (χ0) is 21.1. The van der Waals surface area contributed by atoms with Crippen molar-refractivity contribution in [1.82, 2.24) is 14.6 Å². The van der Waals surface area contributed by atoms with Gasteiger partial charge in [-0.15, -0.1) is 5.10 Å². The second kappa shape index (κ2) is 8.63. The highest BCUT2D eigenvalue weighted by atomic mass is 35.5. The summed E-state index contributed by atoms with van der Waals surface area (Å²) in [7, 11) is 0. The number of benzene rings is 2. The first-order valence-electron chi connectivity index (χ1n) is 9.59. The quantitative estimate of drug-likeness (QED) is 0.373. The summed E-state index contributed by atoms with van der Waals surface area (Å²) in [4.78, 5) is 16.3. The van der Waals surface area contributed by atoms with E-state index in [0.29, 0.717) is 52.8 Å². The van der Waals surface area contributed by atoms with Crippen LogP contribution in [0.2, 0.25) is 5.02 Å². The zero-order valence-electron chi connectivity index (χ0n) is 16.3. The van der Waals surface area contributed by atoms with Crippen LogP contribution >= 0.6 is 11.6 Å². The number of carbonyl (C=O) groups excluding carboxylic acids is 1. The van der Waals surface area contributed by atoms with E-state index in [9.17, 15) is 9.18 Å². The number of hydrogen-bond donors (Lipinski definition) is 0. The average Bonchev–Trinajstić information content (AvgIpc) is 3.16. The number of imidazole rings is 1. The van der Waals surface area contributed by atoms with Crippen molar-refractivity contribution in [3.63, 3.8) is 0 Å². The summed E-state index contributed by atoms with van der Waals surface area (Å²) in [5.41, 5.74) is 3.11. The Bertz CT molecular complexity index is 1220. The van der Waals surface area contributed by atoms with Crippen molar-refractivity contribution >= 4 is 23.0 Å². The van der Waals surface area contributed by atoms with E-state index in [1.165, 1.54) is 12.1 Å². The molecule has 30 heavy (non-hydrogen) atoms. The summed E-state index contributed by atoms with van der Waals surface area (Å²) >= 11 is 6.01. The van der Waals surface area contributed by atoms with Gasteiger partial charge in [0.25, 0.3) is 0 Å². The first-order chi connectivity index (χ1) is 14.5. The molecule has 152 valence electrons. The Kier molecular flexibility index (Phi) is 5.77. The Labute approximate surface area is 178 Å². The lowest BCUT2D eigenvalue weighted by Crippen LogP contribution is -2.05. The van der Waals surface area contributed by atoms with Crippen LogP contribution in [-0.4, -0.2) is 27.0 Å². The zero-order valence-corrected chi connectivity index (χ0v) is 17.1. The molecule has 0 aliphatic rings. The number of carbonyl (C=O) groups is 1. The molecule has 0 radical (unpaired) electrons. The first-order valence-corrected chi connectivity index (χ1v) is 9.97. The van der Waals surface area contributed by atoms with Gasteiger partial charge in [0.1, 0.15) is 5.82 Å². The Balaban J connectivity index is 1.59. The lowest BCUT2D eigenvalue weighted by Gasteiger charge is -2.08. The molecule has 7 heteroatoms. The molecule has 0 amide bonds. The van der Waals surface area contributed by atoms with E-state index in [2.05, 4.69) is 10.1 Å². The minimum Gasteiger partial charge on any atom is -0.476 e. The van der Waals surface area contributed by atoms with Crippen LogP contribution in [-0.2, 0) is 6.42 Å². The van der Waals surface area contributed by atoms with Crippen LogP contribution in [0.15, 0.2) is 60.8 Å². The number of ketones is 1. The van der Waals surface area contributed by atoms with E-state index in [4.69, 9.17) is 16.3 Å². The fourth-order valence-electron chi connectivity index (χ4n) is 3.20. The van der Waals surface area contributed by atoms with Gasteiger partial charge in [-0.25, -0.2) is 13.9 Å². The molecule has 0 fully saturated rings. The first kappa shape index (κ1) is 20.0. The van der Waals surface area contributed by atoms with Crippen LogP contribution in [0, 0.1) is 5.82 Å². The number of rotatable bonds is 7. The van der Waals surface area contributed by atoms with Crippen molar-refractivity contribution in [1.29, 1.82) is 0 Å². The van der Waals surface area contributed by atoms with Crippen LogP contribution in [0.3, 0.4) is 0 Å². The minimum absolute atomic E-state index is 0.123. The normalized spacial score (nSPS) is 11.0. The maximum Gasteiger partial charge on any atom is 0.231 e. The fraction of sp³-hybridized carbons (Fsp3) is 0.174. The molecule has 0 aliphatic carbocycles. The molecule has 0 spiro atoms. The molecular weight excluding hydrogens is 405 g/mol. The fourth-order valence-corrected chi connectivity index (χ4v) is 3.41. The lowest BCUT2D eigenvalue weighted by atomic mass is 10.0. The topological polar surface area (TPSA) is 56.5 Å². The van der Waals surface area contributed by atoms with Gasteiger partial charge < -0.3 is 4.74 Å². The van der Waals surface area contributed by atoms with E-state index in [1.807, 2.05) is 24.3 Å². The molecule has 2 aromatic carbocycles. The Hall–Kier alpha value is -3.25. The Morgan fingerprint density at radius 1 is 1.17 bits per heavy atom. The van der Waals surface area contributed by atoms with Gasteiger partial charge in [-0.05, 0) is 42.0 Å². The minimum atomic E-state index is -0.479. The van der Waals surface area contributed by atoms with E-state index in [0.717, 1.165) is 5.56 Å². The second-order valence-electron chi connectivity index (χ2n) is 6.82. The summed E-state index contributed by atoms with van der Waals surface area (Å²) < 4.78 is 21.5. The number of Topliss-reactive ketones (excluding diaryl/α,β-unsaturated/α-hetero) is 1. The predicted molar refractivity (Wildman–Crippen MR) is 114 cm³/mol. The van der Waals surface area contributed by atoms with Crippen molar-refractivity contribution in [3.8, 4) is 17.1 Å². The van der Waals surface area contributed by atoms with Crippen molar-refractivity contribution in [2.75, 3.05) is 6.61 Å². The number of nitrogens with zero attached hydrogens (tertiary/aromatic N) is 3. The molecule has 2 heterocycles.